The molecular formula is C29H40Cl2N4O9S. The molecule has 45 heavy (non-hydrogen) atoms. The Balaban J connectivity index is 1.31. The van der Waals surface area contributed by atoms with Gasteiger partial charge in [0, 0.05) is 49.2 Å². The smallest absolute Gasteiger partial charge is 0.252 e. The molecule has 3 rings (SSSR count). The molecule has 2 amide bonds. The predicted octanol–water partition coefficient (Wildman–Crippen LogP) is 0.483. The Morgan fingerprint density at radius 3 is 2.24 bits per heavy atom. The number of fused-ring (bicyclic) bond motifs is 1. The molecule has 1 aliphatic heterocycles. The van der Waals surface area contributed by atoms with Crippen molar-refractivity contribution in [2.45, 2.75) is 29.6 Å². The summed E-state index contributed by atoms with van der Waals surface area (Å²) in [4.78, 5) is 25.3. The highest BCUT2D eigenvalue weighted by Gasteiger charge is 2.30. The molecular weight excluding hydrogens is 651 g/mol. The third kappa shape index (κ3) is 11.1. The van der Waals surface area contributed by atoms with Gasteiger partial charge < -0.3 is 40.0 Å². The predicted molar refractivity (Wildman–Crippen MR) is 168 cm³/mol. The topological polar surface area (TPSA) is 176 Å². The third-order valence-corrected chi connectivity index (χ3v) is 8.99. The van der Waals surface area contributed by atoms with Gasteiger partial charge in [0.1, 0.15) is 0 Å². The lowest BCUT2D eigenvalue weighted by Gasteiger charge is -2.33. The SMILES string of the molecule is CNC(=O)C(O)C(O)C(=O)NCCOCCOCCOCCNS(=O)(=O)c1cccc(C2CN(C)Cc3c(Cl)cc(Cl)cc32)c1. The van der Waals surface area contributed by atoms with E-state index in [2.05, 4.69) is 20.3 Å². The monoisotopic (exact) mass is 690 g/mol. The molecule has 0 bridgehead atoms. The van der Waals surface area contributed by atoms with Gasteiger partial charge in [-0.3, -0.25) is 9.59 Å². The number of carbonyl (C=O) groups is 2. The summed E-state index contributed by atoms with van der Waals surface area (Å²) >= 11 is 12.8. The van der Waals surface area contributed by atoms with E-state index in [1.54, 1.807) is 24.3 Å². The van der Waals surface area contributed by atoms with Crippen molar-refractivity contribution in [2.24, 2.45) is 0 Å². The number of ether oxygens (including phenoxy) is 3. The van der Waals surface area contributed by atoms with Crippen molar-refractivity contribution in [1.29, 1.82) is 0 Å². The number of rotatable bonds is 18. The number of sulfonamides is 1. The number of hydrogen-bond acceptors (Lipinski definition) is 10. The zero-order chi connectivity index (χ0) is 33.0. The number of halogens is 2. The number of amides is 2. The zero-order valence-corrected chi connectivity index (χ0v) is 27.5. The van der Waals surface area contributed by atoms with Crippen LogP contribution < -0.4 is 15.4 Å². The van der Waals surface area contributed by atoms with E-state index >= 15 is 0 Å². The molecule has 13 nitrogen and oxygen atoms in total. The van der Waals surface area contributed by atoms with Crippen molar-refractivity contribution in [2.75, 3.05) is 73.4 Å². The quantitative estimate of drug-likeness (QED) is 0.138. The van der Waals surface area contributed by atoms with Gasteiger partial charge in [-0.05, 0) is 48.0 Å². The van der Waals surface area contributed by atoms with Crippen LogP contribution in [0, 0.1) is 0 Å². The lowest BCUT2D eigenvalue weighted by Crippen LogP contribution is -2.49. The number of benzene rings is 2. The molecule has 0 aliphatic carbocycles. The number of nitrogens with zero attached hydrogens (tertiary/aromatic N) is 1. The summed E-state index contributed by atoms with van der Waals surface area (Å²) in [5.41, 5.74) is 2.83. The first-order valence-corrected chi connectivity index (χ1v) is 16.5. The molecule has 1 aliphatic rings. The van der Waals surface area contributed by atoms with Gasteiger partial charge in [-0.25, -0.2) is 13.1 Å². The zero-order valence-electron chi connectivity index (χ0n) is 25.1. The number of nitrogens with one attached hydrogen (secondary N) is 3. The van der Waals surface area contributed by atoms with E-state index in [4.69, 9.17) is 37.4 Å². The Kier molecular flexibility index (Phi) is 14.9. The van der Waals surface area contributed by atoms with Crippen LogP contribution in [0.2, 0.25) is 10.0 Å². The van der Waals surface area contributed by atoms with Crippen LogP contribution in [0.4, 0.5) is 0 Å². The molecule has 0 saturated carbocycles. The van der Waals surface area contributed by atoms with Gasteiger partial charge >= 0.3 is 0 Å². The van der Waals surface area contributed by atoms with Gasteiger partial charge in [-0.2, -0.15) is 0 Å². The third-order valence-electron chi connectivity index (χ3n) is 6.97. The maximum absolute atomic E-state index is 13.0. The minimum absolute atomic E-state index is 0.0648. The maximum Gasteiger partial charge on any atom is 0.252 e. The maximum atomic E-state index is 13.0. The molecule has 3 unspecified atom stereocenters. The van der Waals surface area contributed by atoms with Crippen molar-refractivity contribution < 1.29 is 42.4 Å². The van der Waals surface area contributed by atoms with Gasteiger partial charge in [0.05, 0.1) is 44.5 Å². The summed E-state index contributed by atoms with van der Waals surface area (Å²) < 4.78 is 44.7. The van der Waals surface area contributed by atoms with E-state index in [-0.39, 0.29) is 63.5 Å². The molecule has 3 atom stereocenters. The van der Waals surface area contributed by atoms with Crippen LogP contribution in [-0.2, 0) is 40.4 Å². The van der Waals surface area contributed by atoms with Gasteiger partial charge in [-0.1, -0.05) is 35.3 Å². The summed E-state index contributed by atoms with van der Waals surface area (Å²) in [7, 11) is -0.508. The molecule has 0 aromatic heterocycles. The Morgan fingerprint density at radius 1 is 0.956 bits per heavy atom. The van der Waals surface area contributed by atoms with E-state index < -0.39 is 34.0 Å². The first-order chi connectivity index (χ1) is 21.4. The number of hydrogen-bond donors (Lipinski definition) is 5. The number of likely N-dealkylation sites (N-methyl/N-ethyl adjacent to an activating group) is 2. The van der Waals surface area contributed by atoms with Crippen molar-refractivity contribution in [3.63, 3.8) is 0 Å². The Labute approximate surface area is 273 Å². The fourth-order valence-corrected chi connectivity index (χ4v) is 6.32. The van der Waals surface area contributed by atoms with E-state index in [0.717, 1.165) is 16.7 Å². The number of aliphatic hydroxyl groups excluding tert-OH is 2. The van der Waals surface area contributed by atoms with Crippen molar-refractivity contribution >= 4 is 45.0 Å². The van der Waals surface area contributed by atoms with Gasteiger partial charge in [-0.15, -0.1) is 0 Å². The standard InChI is InChI=1S/C29H40Cl2N4O9S/c1-32-28(38)26(36)27(37)29(39)33-6-8-42-10-12-44-13-11-43-9-7-34-45(40,41)21-5-3-4-19(14-21)23-17-35(2)18-24-22(23)15-20(30)16-25(24)31/h3-5,14-16,23,26-27,34,36-37H,6-13,17-18H2,1-2H3,(H,32,38)(H,33,39). The molecule has 0 spiro atoms. The van der Waals surface area contributed by atoms with Gasteiger partial charge in [0.15, 0.2) is 12.2 Å². The fourth-order valence-electron chi connectivity index (χ4n) is 4.69. The average Bonchev–Trinajstić information content (AvgIpc) is 3.02. The van der Waals surface area contributed by atoms with Crippen LogP contribution in [0.5, 0.6) is 0 Å². The molecule has 5 N–H and O–H groups in total. The lowest BCUT2D eigenvalue weighted by atomic mass is 9.85. The summed E-state index contributed by atoms with van der Waals surface area (Å²) in [6.07, 6.45) is -3.75. The van der Waals surface area contributed by atoms with Crippen LogP contribution in [0.1, 0.15) is 22.6 Å². The van der Waals surface area contributed by atoms with Crippen molar-refractivity contribution in [3.8, 4) is 0 Å². The van der Waals surface area contributed by atoms with Gasteiger partial charge in [0.25, 0.3) is 11.8 Å². The second-order valence-corrected chi connectivity index (χ2v) is 12.9. The second kappa shape index (κ2) is 18.1. The Bertz CT molecular complexity index is 1400. The minimum atomic E-state index is -3.77. The molecule has 250 valence electrons. The minimum Gasteiger partial charge on any atom is -0.380 e. The second-order valence-electron chi connectivity index (χ2n) is 10.3. The molecule has 2 aromatic carbocycles. The molecule has 2 aromatic rings. The van der Waals surface area contributed by atoms with E-state index in [0.29, 0.717) is 23.1 Å². The van der Waals surface area contributed by atoms with Crippen LogP contribution in [0.3, 0.4) is 0 Å². The fraction of sp³-hybridized carbons (Fsp3) is 0.517. The van der Waals surface area contributed by atoms with Crippen LogP contribution >= 0.6 is 23.2 Å². The van der Waals surface area contributed by atoms with E-state index in [1.165, 1.54) is 7.05 Å². The Morgan fingerprint density at radius 2 is 1.58 bits per heavy atom. The normalized spacial score (nSPS) is 16.5. The summed E-state index contributed by atoms with van der Waals surface area (Å²) in [5.74, 6) is -1.85. The molecule has 0 saturated heterocycles. The van der Waals surface area contributed by atoms with Crippen LogP contribution in [0.25, 0.3) is 0 Å². The average molecular weight is 692 g/mol. The summed E-state index contributed by atoms with van der Waals surface area (Å²) in [5, 5.41) is 24.7. The largest absolute Gasteiger partial charge is 0.380 e. The molecule has 16 heteroatoms. The van der Waals surface area contributed by atoms with Crippen molar-refractivity contribution in [1.82, 2.24) is 20.3 Å². The van der Waals surface area contributed by atoms with Crippen LogP contribution in [0.15, 0.2) is 41.3 Å². The molecule has 0 radical (unpaired) electrons. The summed E-state index contributed by atoms with van der Waals surface area (Å²) in [6.45, 7) is 2.82. The van der Waals surface area contributed by atoms with Crippen molar-refractivity contribution in [3.05, 3.63) is 63.1 Å². The highest BCUT2D eigenvalue weighted by molar-refractivity contribution is 7.89. The highest BCUT2D eigenvalue weighted by Crippen LogP contribution is 2.38. The molecule has 0 fully saturated rings. The van der Waals surface area contributed by atoms with Gasteiger partial charge in [0.2, 0.25) is 10.0 Å². The Hall–Kier alpha value is -2.37. The number of carbonyl (C=O) groups excluding carboxylic acids is 2. The number of aliphatic hydroxyl groups is 2. The first kappa shape index (κ1) is 37.1. The van der Waals surface area contributed by atoms with Crippen LogP contribution in [-0.4, -0.2) is 121 Å². The van der Waals surface area contributed by atoms with E-state index in [9.17, 15) is 28.2 Å². The molecule has 1 heterocycles. The highest BCUT2D eigenvalue weighted by atomic mass is 35.5. The summed E-state index contributed by atoms with van der Waals surface area (Å²) in [6, 6.07) is 10.5. The lowest BCUT2D eigenvalue weighted by molar-refractivity contribution is -0.145. The first-order valence-electron chi connectivity index (χ1n) is 14.3. The van der Waals surface area contributed by atoms with E-state index in [1.807, 2.05) is 19.2 Å².